The topological polar surface area (TPSA) is 151 Å². The van der Waals surface area contributed by atoms with Gasteiger partial charge in [-0.3, -0.25) is 9.59 Å². The van der Waals surface area contributed by atoms with Gasteiger partial charge in [-0.15, -0.1) is 0 Å². The van der Waals surface area contributed by atoms with Crippen LogP contribution in [0, 0.1) is 24.2 Å². The Morgan fingerprint density at radius 2 is 1.97 bits per heavy atom. The molecule has 1 aromatic carbocycles. The maximum Gasteiger partial charge on any atom is 0.309 e. The fraction of sp³-hybridized carbons (Fsp3) is 0.429. The van der Waals surface area contributed by atoms with E-state index in [2.05, 4.69) is 15.0 Å². The average Bonchev–Trinajstić information content (AvgIpc) is 3.69. The summed E-state index contributed by atoms with van der Waals surface area (Å²) in [5.41, 5.74) is 3.56. The van der Waals surface area contributed by atoms with Crippen molar-refractivity contribution in [2.45, 2.75) is 50.7 Å². The highest BCUT2D eigenvalue weighted by Gasteiger charge is 2.32. The molecule has 39 heavy (non-hydrogen) atoms. The summed E-state index contributed by atoms with van der Waals surface area (Å²) in [4.78, 5) is 29.3. The van der Waals surface area contributed by atoms with Crippen LogP contribution in [0.1, 0.15) is 65.2 Å². The number of hydrogen-bond acceptors (Lipinski definition) is 8. The lowest BCUT2D eigenvalue weighted by Gasteiger charge is -2.12. The fourth-order valence-corrected chi connectivity index (χ4v) is 5.73. The molecule has 1 unspecified atom stereocenters. The summed E-state index contributed by atoms with van der Waals surface area (Å²) < 4.78 is 39.3. The van der Waals surface area contributed by atoms with E-state index >= 15 is 0 Å². The monoisotopic (exact) mass is 552 g/mol. The van der Waals surface area contributed by atoms with Gasteiger partial charge < -0.3 is 14.5 Å². The third kappa shape index (κ3) is 6.64. The van der Waals surface area contributed by atoms with Gasteiger partial charge >= 0.3 is 5.97 Å². The third-order valence-corrected chi connectivity index (χ3v) is 8.13. The third-order valence-electron chi connectivity index (χ3n) is 6.83. The van der Waals surface area contributed by atoms with Gasteiger partial charge in [-0.05, 0) is 50.2 Å². The Hall–Kier alpha value is -3.75. The molecule has 4 rings (SSSR count). The number of esters is 1. The summed E-state index contributed by atoms with van der Waals surface area (Å²) in [6, 6.07) is 11.4. The molecule has 11 heteroatoms. The molecular weight excluding hydrogens is 520 g/mol. The maximum absolute atomic E-state index is 13.0. The van der Waals surface area contributed by atoms with Gasteiger partial charge in [-0.1, -0.05) is 29.8 Å². The Morgan fingerprint density at radius 3 is 2.59 bits per heavy atom. The lowest BCUT2D eigenvalue weighted by molar-refractivity contribution is -0.145. The number of carbonyl (C=O) groups excluding carboxylic acids is 2. The van der Waals surface area contributed by atoms with E-state index in [1.165, 1.54) is 7.11 Å². The number of benzene rings is 1. The Labute approximate surface area is 227 Å². The van der Waals surface area contributed by atoms with E-state index in [1.807, 2.05) is 43.3 Å². The lowest BCUT2D eigenvalue weighted by atomic mass is 10.0. The zero-order chi connectivity index (χ0) is 28.2. The second-order valence-corrected chi connectivity index (χ2v) is 11.6. The summed E-state index contributed by atoms with van der Waals surface area (Å²) in [5, 5.41) is 12.1. The van der Waals surface area contributed by atoms with Crippen molar-refractivity contribution >= 4 is 33.0 Å². The number of rotatable bonds is 12. The summed E-state index contributed by atoms with van der Waals surface area (Å²) in [6.45, 7) is 2.08. The zero-order valence-corrected chi connectivity index (χ0v) is 23.1. The number of nitrogens with zero attached hydrogens (tertiary/aromatic N) is 2. The molecule has 1 saturated carbocycles. The lowest BCUT2D eigenvalue weighted by Crippen LogP contribution is -2.28. The van der Waals surface area contributed by atoms with Crippen LogP contribution < -0.4 is 10.0 Å². The molecule has 2 heterocycles. The van der Waals surface area contributed by atoms with Crippen molar-refractivity contribution in [2.75, 3.05) is 20.7 Å². The normalized spacial score (nSPS) is 14.1. The molecule has 0 saturated heterocycles. The van der Waals surface area contributed by atoms with E-state index in [-0.39, 0.29) is 36.3 Å². The Kier molecular flexibility index (Phi) is 8.67. The first-order chi connectivity index (χ1) is 18.7. The number of furan rings is 1. The molecule has 10 nitrogen and oxygen atoms in total. The van der Waals surface area contributed by atoms with Crippen LogP contribution >= 0.6 is 0 Å². The van der Waals surface area contributed by atoms with Crippen molar-refractivity contribution in [1.29, 1.82) is 5.26 Å². The van der Waals surface area contributed by atoms with Gasteiger partial charge in [-0.2, -0.15) is 5.26 Å². The predicted molar refractivity (Wildman–Crippen MR) is 145 cm³/mol. The quantitative estimate of drug-likeness (QED) is 0.253. The highest BCUT2D eigenvalue weighted by molar-refractivity contribution is 7.88. The summed E-state index contributed by atoms with van der Waals surface area (Å²) in [6.07, 6.45) is 2.55. The number of aromatic nitrogens is 1. The predicted octanol–water partition coefficient (Wildman–Crippen LogP) is 3.94. The number of nitrogens with one attached hydrogen (secondary N) is 2. The number of amides is 1. The van der Waals surface area contributed by atoms with Crippen molar-refractivity contribution in [2.24, 2.45) is 5.92 Å². The Bertz CT molecular complexity index is 1520. The molecule has 0 radical (unpaired) electrons. The largest absolute Gasteiger partial charge is 0.469 e. The van der Waals surface area contributed by atoms with Gasteiger partial charge in [0.1, 0.15) is 11.5 Å². The summed E-state index contributed by atoms with van der Waals surface area (Å²) in [5.74, 6) is -1.17. The molecule has 1 fully saturated rings. The smallest absolute Gasteiger partial charge is 0.309 e. The van der Waals surface area contributed by atoms with Gasteiger partial charge in [0.15, 0.2) is 0 Å². The standard InChI is InChI=1S/C28H32N4O6S/c1-17-6-8-19(9-7-17)25-24(26(33)30-2)22-15-21(18-10-11-18)23(32-27(22)38-25)16-39(35,36)31-14-4-5-20(12-13-29)28(34)37-3/h6-9,15,18,20,31H,4-5,10-12,14,16H2,1-3H3,(H,30,33). The number of nitriles is 1. The van der Waals surface area contributed by atoms with Crippen LogP contribution in [-0.2, 0) is 25.3 Å². The number of fused-ring (bicyclic) bond motifs is 1. The molecule has 3 aromatic rings. The summed E-state index contributed by atoms with van der Waals surface area (Å²) >= 11 is 0. The van der Waals surface area contributed by atoms with E-state index in [9.17, 15) is 18.0 Å². The Balaban J connectivity index is 1.60. The molecule has 1 amide bonds. The zero-order valence-electron chi connectivity index (χ0n) is 22.2. The van der Waals surface area contributed by atoms with Crippen molar-refractivity contribution in [3.63, 3.8) is 0 Å². The molecule has 0 aliphatic heterocycles. The molecule has 0 spiro atoms. The SMILES string of the molecule is CNC(=O)c1c(-c2ccc(C)cc2)oc2nc(CS(=O)(=O)NCCCC(CC#N)C(=O)OC)c(C3CC3)cc12. The van der Waals surface area contributed by atoms with Crippen LogP contribution in [0.4, 0.5) is 0 Å². The van der Waals surface area contributed by atoms with E-state index in [0.717, 1.165) is 29.5 Å². The van der Waals surface area contributed by atoms with Gasteiger partial charge in [-0.25, -0.2) is 18.1 Å². The minimum absolute atomic E-state index is 0.0138. The van der Waals surface area contributed by atoms with Crippen molar-refractivity contribution in [1.82, 2.24) is 15.0 Å². The molecule has 206 valence electrons. The minimum Gasteiger partial charge on any atom is -0.469 e. The number of pyridine rings is 1. The van der Waals surface area contributed by atoms with Gasteiger partial charge in [0, 0.05) is 25.6 Å². The number of carbonyl (C=O) groups is 2. The molecule has 1 aliphatic rings. The molecule has 0 bridgehead atoms. The number of sulfonamides is 1. The second kappa shape index (κ2) is 12.0. The van der Waals surface area contributed by atoms with Crippen molar-refractivity contribution in [3.05, 3.63) is 52.7 Å². The Morgan fingerprint density at radius 1 is 1.26 bits per heavy atom. The average molecular weight is 553 g/mol. The number of hydrogen-bond donors (Lipinski definition) is 2. The van der Waals surface area contributed by atoms with Gasteiger partial charge in [0.2, 0.25) is 15.7 Å². The molecule has 1 atom stereocenters. The van der Waals surface area contributed by atoms with Crippen LogP contribution in [0.3, 0.4) is 0 Å². The molecule has 2 N–H and O–H groups in total. The fourth-order valence-electron chi connectivity index (χ4n) is 4.58. The van der Waals surface area contributed by atoms with Crippen molar-refractivity contribution in [3.8, 4) is 17.4 Å². The number of aryl methyl sites for hydroxylation is 1. The maximum atomic E-state index is 13.0. The summed E-state index contributed by atoms with van der Waals surface area (Å²) in [7, 11) is -0.951. The van der Waals surface area contributed by atoms with Crippen molar-refractivity contribution < 1.29 is 27.2 Å². The molecule has 1 aliphatic carbocycles. The highest BCUT2D eigenvalue weighted by Crippen LogP contribution is 2.44. The first-order valence-electron chi connectivity index (χ1n) is 12.8. The molecular formula is C28H32N4O6S. The van der Waals surface area contributed by atoms with E-state index in [4.69, 9.17) is 14.4 Å². The van der Waals surface area contributed by atoms with Crippen LogP contribution in [0.2, 0.25) is 0 Å². The van der Waals surface area contributed by atoms with Crippen LogP contribution in [0.15, 0.2) is 34.7 Å². The number of ether oxygens (including phenoxy) is 1. The highest BCUT2D eigenvalue weighted by atomic mass is 32.2. The van der Waals surface area contributed by atoms with Crippen LogP contribution in [0.25, 0.3) is 22.4 Å². The minimum atomic E-state index is -3.76. The van der Waals surface area contributed by atoms with Gasteiger partial charge in [0.05, 0.1) is 35.7 Å². The van der Waals surface area contributed by atoms with Crippen LogP contribution in [0.5, 0.6) is 0 Å². The van der Waals surface area contributed by atoms with Gasteiger partial charge in [0.25, 0.3) is 5.91 Å². The van der Waals surface area contributed by atoms with Crippen LogP contribution in [-0.4, -0.2) is 46.0 Å². The van der Waals surface area contributed by atoms with E-state index in [1.54, 1.807) is 7.05 Å². The van der Waals surface area contributed by atoms with E-state index < -0.39 is 21.9 Å². The molecule has 2 aromatic heterocycles. The second-order valence-electron chi connectivity index (χ2n) is 9.78. The first kappa shape index (κ1) is 28.3. The number of methoxy groups -OCH3 is 1. The first-order valence-corrected chi connectivity index (χ1v) is 14.5. The van der Waals surface area contributed by atoms with E-state index in [0.29, 0.717) is 35.2 Å².